The fraction of sp³-hybridized carbons (Fsp3) is 0.250. The van der Waals surface area contributed by atoms with E-state index in [1.54, 1.807) is 0 Å². The van der Waals surface area contributed by atoms with Crippen LogP contribution in [0, 0.1) is 0 Å². The highest BCUT2D eigenvalue weighted by molar-refractivity contribution is 6.64. The van der Waals surface area contributed by atoms with Gasteiger partial charge in [0.15, 0.2) is 0 Å². The Kier molecular flexibility index (Phi) is 4.91. The van der Waals surface area contributed by atoms with E-state index in [4.69, 9.17) is 8.85 Å². The largest absolute Gasteiger partial charge is 0.390 e. The quantitative estimate of drug-likeness (QED) is 0.736. The molecule has 0 saturated heterocycles. The van der Waals surface area contributed by atoms with Gasteiger partial charge >= 0.3 is 8.56 Å². The highest BCUT2D eigenvalue weighted by Crippen LogP contribution is 2.13. The molecule has 2 nitrogen and oxygen atoms in total. The smallest absolute Gasteiger partial charge is 0.332 e. The molecule has 0 saturated carbocycles. The fourth-order valence-corrected chi connectivity index (χ4v) is 2.82. The molecule has 0 fully saturated rings. The van der Waals surface area contributed by atoms with Gasteiger partial charge in [0.25, 0.3) is 0 Å². The average molecular weight is 272 g/mol. The van der Waals surface area contributed by atoms with Gasteiger partial charge in [-0.3, -0.25) is 0 Å². The van der Waals surface area contributed by atoms with Crippen molar-refractivity contribution in [3.63, 3.8) is 0 Å². The molecule has 3 heteroatoms. The van der Waals surface area contributed by atoms with Crippen LogP contribution in [-0.2, 0) is 22.1 Å². The van der Waals surface area contributed by atoms with Gasteiger partial charge in [0.1, 0.15) is 0 Å². The van der Waals surface area contributed by atoms with E-state index in [1.165, 1.54) is 11.1 Å². The minimum absolute atomic E-state index is 0.620. The Morgan fingerprint density at radius 3 is 1.42 bits per heavy atom. The van der Waals surface area contributed by atoms with Crippen molar-refractivity contribution in [2.45, 2.75) is 26.3 Å². The molecule has 2 aromatic carbocycles. The summed E-state index contributed by atoms with van der Waals surface area (Å²) in [5, 5.41) is 0. The molecular weight excluding hydrogens is 252 g/mol. The first-order valence-corrected chi connectivity index (χ1v) is 9.33. The van der Waals surface area contributed by atoms with Crippen LogP contribution < -0.4 is 0 Å². The molecule has 0 spiro atoms. The monoisotopic (exact) mass is 272 g/mol. The molecule has 2 aromatic rings. The molecule has 0 heterocycles. The van der Waals surface area contributed by atoms with E-state index in [0.717, 1.165) is 0 Å². The van der Waals surface area contributed by atoms with Crippen LogP contribution in [0.3, 0.4) is 0 Å². The number of hydrogen-bond donors (Lipinski definition) is 0. The predicted octanol–water partition coefficient (Wildman–Crippen LogP) is 4.12. The van der Waals surface area contributed by atoms with Crippen LogP contribution in [0.25, 0.3) is 0 Å². The zero-order chi connectivity index (χ0) is 13.6. The lowest BCUT2D eigenvalue weighted by molar-refractivity contribution is 0.164. The third-order valence-corrected chi connectivity index (χ3v) is 4.54. The van der Waals surface area contributed by atoms with Crippen molar-refractivity contribution in [3.8, 4) is 0 Å². The molecule has 0 aliphatic heterocycles. The SMILES string of the molecule is C[Si](C)(OCc1ccccc1)OCc1ccccc1. The molecule has 0 aromatic heterocycles. The minimum Gasteiger partial charge on any atom is -0.390 e. The molecular formula is C16H20O2Si. The van der Waals surface area contributed by atoms with Crippen molar-refractivity contribution in [2.75, 3.05) is 0 Å². The maximum absolute atomic E-state index is 5.95. The zero-order valence-electron chi connectivity index (χ0n) is 11.5. The van der Waals surface area contributed by atoms with E-state index >= 15 is 0 Å². The lowest BCUT2D eigenvalue weighted by Crippen LogP contribution is -2.34. The van der Waals surface area contributed by atoms with Crippen molar-refractivity contribution in [2.24, 2.45) is 0 Å². The lowest BCUT2D eigenvalue weighted by Gasteiger charge is -2.23. The number of benzene rings is 2. The summed E-state index contributed by atoms with van der Waals surface area (Å²) in [6, 6.07) is 20.4. The minimum atomic E-state index is -2.07. The highest BCUT2D eigenvalue weighted by Gasteiger charge is 2.24. The normalized spacial score (nSPS) is 11.5. The first kappa shape index (κ1) is 14.0. The van der Waals surface area contributed by atoms with Crippen LogP contribution in [0.15, 0.2) is 60.7 Å². The molecule has 0 aliphatic rings. The molecule has 100 valence electrons. The van der Waals surface area contributed by atoms with Gasteiger partial charge in [-0.1, -0.05) is 60.7 Å². The maximum atomic E-state index is 5.95. The number of hydrogen-bond acceptors (Lipinski definition) is 2. The average Bonchev–Trinajstić information content (AvgIpc) is 2.46. The summed E-state index contributed by atoms with van der Waals surface area (Å²) in [7, 11) is -2.07. The third-order valence-electron chi connectivity index (χ3n) is 2.86. The Hall–Kier alpha value is -1.42. The zero-order valence-corrected chi connectivity index (χ0v) is 12.5. The first-order chi connectivity index (χ1) is 9.16. The second-order valence-electron chi connectivity index (χ2n) is 4.95. The van der Waals surface area contributed by atoms with Gasteiger partial charge in [-0.05, 0) is 24.2 Å². The molecule has 0 amide bonds. The molecule has 0 unspecified atom stereocenters. The van der Waals surface area contributed by atoms with E-state index in [-0.39, 0.29) is 0 Å². The Balaban J connectivity index is 1.82. The second kappa shape index (κ2) is 6.66. The van der Waals surface area contributed by atoms with E-state index in [0.29, 0.717) is 13.2 Å². The summed E-state index contributed by atoms with van der Waals surface area (Å²) >= 11 is 0. The summed E-state index contributed by atoms with van der Waals surface area (Å²) in [6.07, 6.45) is 0. The van der Waals surface area contributed by atoms with E-state index in [9.17, 15) is 0 Å². The molecule has 19 heavy (non-hydrogen) atoms. The second-order valence-corrected chi connectivity index (χ2v) is 8.33. The molecule has 0 radical (unpaired) electrons. The highest BCUT2D eigenvalue weighted by atomic mass is 28.4. The Morgan fingerprint density at radius 1 is 0.684 bits per heavy atom. The van der Waals surface area contributed by atoms with Crippen molar-refractivity contribution >= 4 is 8.56 Å². The van der Waals surface area contributed by atoms with Gasteiger partial charge in [-0.25, -0.2) is 0 Å². The molecule has 0 bridgehead atoms. The van der Waals surface area contributed by atoms with Crippen LogP contribution in [0.5, 0.6) is 0 Å². The standard InChI is InChI=1S/C16H20O2Si/c1-19(2,17-13-15-9-5-3-6-10-15)18-14-16-11-7-4-8-12-16/h3-12H,13-14H2,1-2H3. The Labute approximate surface area is 116 Å². The van der Waals surface area contributed by atoms with Crippen LogP contribution >= 0.6 is 0 Å². The summed E-state index contributed by atoms with van der Waals surface area (Å²) in [5.41, 5.74) is 2.37. The van der Waals surface area contributed by atoms with Crippen molar-refractivity contribution in [1.82, 2.24) is 0 Å². The summed E-state index contributed by atoms with van der Waals surface area (Å²) in [5.74, 6) is 0. The summed E-state index contributed by atoms with van der Waals surface area (Å²) in [4.78, 5) is 0. The van der Waals surface area contributed by atoms with E-state index in [1.807, 2.05) is 36.4 Å². The van der Waals surface area contributed by atoms with Crippen LogP contribution in [0.1, 0.15) is 11.1 Å². The van der Waals surface area contributed by atoms with Gasteiger partial charge in [-0.15, -0.1) is 0 Å². The fourth-order valence-electron chi connectivity index (χ4n) is 1.70. The third kappa shape index (κ3) is 4.99. The first-order valence-electron chi connectivity index (χ1n) is 6.51. The lowest BCUT2D eigenvalue weighted by atomic mass is 10.2. The number of rotatable bonds is 6. The van der Waals surface area contributed by atoms with E-state index in [2.05, 4.69) is 37.4 Å². The molecule has 0 atom stereocenters. The van der Waals surface area contributed by atoms with Gasteiger partial charge in [0.05, 0.1) is 13.2 Å². The van der Waals surface area contributed by atoms with Crippen LogP contribution in [0.4, 0.5) is 0 Å². The predicted molar refractivity (Wildman–Crippen MR) is 79.9 cm³/mol. The van der Waals surface area contributed by atoms with Gasteiger partial charge in [0, 0.05) is 0 Å². The Bertz CT molecular complexity index is 437. The van der Waals surface area contributed by atoms with Crippen LogP contribution in [-0.4, -0.2) is 8.56 Å². The van der Waals surface area contributed by atoms with Gasteiger partial charge < -0.3 is 8.85 Å². The summed E-state index contributed by atoms with van der Waals surface area (Å²) < 4.78 is 11.9. The Morgan fingerprint density at radius 2 is 1.05 bits per heavy atom. The molecule has 2 rings (SSSR count). The molecule has 0 aliphatic carbocycles. The van der Waals surface area contributed by atoms with Gasteiger partial charge in [0.2, 0.25) is 0 Å². The van der Waals surface area contributed by atoms with Gasteiger partial charge in [-0.2, -0.15) is 0 Å². The maximum Gasteiger partial charge on any atom is 0.332 e. The van der Waals surface area contributed by atoms with E-state index < -0.39 is 8.56 Å². The van der Waals surface area contributed by atoms with Crippen molar-refractivity contribution in [3.05, 3.63) is 71.8 Å². The summed E-state index contributed by atoms with van der Waals surface area (Å²) in [6.45, 7) is 5.40. The van der Waals surface area contributed by atoms with Crippen molar-refractivity contribution < 1.29 is 8.85 Å². The van der Waals surface area contributed by atoms with Crippen LogP contribution in [0.2, 0.25) is 13.1 Å². The molecule has 0 N–H and O–H groups in total. The van der Waals surface area contributed by atoms with Crippen molar-refractivity contribution in [1.29, 1.82) is 0 Å². The topological polar surface area (TPSA) is 18.5 Å².